The molecule has 9 aromatic carbocycles. The topological polar surface area (TPSA) is 35.6 Å². The molecule has 0 unspecified atom stereocenters. The summed E-state index contributed by atoms with van der Waals surface area (Å²) in [4.78, 5) is 10.1. The van der Waals surface area contributed by atoms with Gasteiger partial charge in [0.25, 0.3) is 0 Å². The standard InChI is InChI=1S/C60H42N4/c1-39-36-52(55-38-54(44-15-5-3-6-16-44)61-60(62-55)45-17-7-4-8-18-45)40(2)35-51(39)43-27-25-41(26-28-43)42-29-31-46(32-30-42)63-58-24-14-11-21-50(58)53-37-47(33-34-59(53)63)64-56-22-12-9-19-48(56)49-20-10-13-23-57(49)64/h3-38H,1-2H3. The number of hydrogen-bond acceptors (Lipinski definition) is 2. The first-order chi connectivity index (χ1) is 31.6. The Morgan fingerprint density at radius 3 is 1.36 bits per heavy atom. The van der Waals surface area contributed by atoms with Gasteiger partial charge in [-0.3, -0.25) is 0 Å². The summed E-state index contributed by atoms with van der Waals surface area (Å²) in [5, 5.41) is 5.01. The lowest BCUT2D eigenvalue weighted by molar-refractivity contribution is 1.17. The summed E-state index contributed by atoms with van der Waals surface area (Å²) < 4.78 is 4.80. The first-order valence-electron chi connectivity index (χ1n) is 21.9. The molecular formula is C60H42N4. The van der Waals surface area contributed by atoms with Gasteiger partial charge in [0.15, 0.2) is 5.82 Å². The van der Waals surface area contributed by atoms with Crippen molar-refractivity contribution in [2.45, 2.75) is 13.8 Å². The van der Waals surface area contributed by atoms with Crippen LogP contribution in [0.2, 0.25) is 0 Å². The Bertz CT molecular complexity index is 3600. The Morgan fingerprint density at radius 1 is 0.297 bits per heavy atom. The predicted molar refractivity (Wildman–Crippen MR) is 267 cm³/mol. The summed E-state index contributed by atoms with van der Waals surface area (Å²) in [6.07, 6.45) is 0. The monoisotopic (exact) mass is 818 g/mol. The number of aryl methyl sites for hydroxylation is 2. The molecule has 0 fully saturated rings. The minimum atomic E-state index is 0.724. The molecule has 12 rings (SSSR count). The minimum Gasteiger partial charge on any atom is -0.309 e. The zero-order valence-electron chi connectivity index (χ0n) is 35.6. The number of rotatable bonds is 7. The second kappa shape index (κ2) is 15.2. The van der Waals surface area contributed by atoms with Crippen LogP contribution in [0.3, 0.4) is 0 Å². The van der Waals surface area contributed by atoms with Crippen LogP contribution in [0, 0.1) is 13.8 Å². The zero-order chi connectivity index (χ0) is 42.7. The molecule has 302 valence electrons. The van der Waals surface area contributed by atoms with E-state index < -0.39 is 0 Å². The Labute approximate surface area is 372 Å². The normalized spacial score (nSPS) is 11.6. The summed E-state index contributed by atoms with van der Waals surface area (Å²) in [6.45, 7) is 4.38. The Kier molecular flexibility index (Phi) is 8.91. The second-order valence-electron chi connectivity index (χ2n) is 16.7. The molecule has 64 heavy (non-hydrogen) atoms. The zero-order valence-corrected chi connectivity index (χ0v) is 35.6. The van der Waals surface area contributed by atoms with Crippen molar-refractivity contribution in [3.05, 3.63) is 230 Å². The molecular weight excluding hydrogens is 777 g/mol. The van der Waals surface area contributed by atoms with E-state index in [1.54, 1.807) is 0 Å². The lowest BCUT2D eigenvalue weighted by Gasteiger charge is -2.15. The summed E-state index contributed by atoms with van der Waals surface area (Å²) in [6, 6.07) is 78.4. The minimum absolute atomic E-state index is 0.724. The Morgan fingerprint density at radius 2 is 0.734 bits per heavy atom. The molecule has 0 radical (unpaired) electrons. The number of hydrogen-bond donors (Lipinski definition) is 0. The first-order valence-corrected chi connectivity index (χ1v) is 21.9. The fourth-order valence-electron chi connectivity index (χ4n) is 9.69. The highest BCUT2D eigenvalue weighted by Gasteiger charge is 2.18. The van der Waals surface area contributed by atoms with Crippen molar-refractivity contribution in [1.29, 1.82) is 0 Å². The quantitative estimate of drug-likeness (QED) is 0.161. The molecule has 0 spiro atoms. The molecule has 0 amide bonds. The fourth-order valence-corrected chi connectivity index (χ4v) is 9.69. The first kappa shape index (κ1) is 37.4. The molecule has 4 heteroatoms. The maximum atomic E-state index is 5.12. The van der Waals surface area contributed by atoms with Crippen LogP contribution in [-0.2, 0) is 0 Å². The van der Waals surface area contributed by atoms with Gasteiger partial charge in [-0.15, -0.1) is 0 Å². The maximum absolute atomic E-state index is 5.12. The van der Waals surface area contributed by atoms with E-state index in [1.807, 2.05) is 24.3 Å². The maximum Gasteiger partial charge on any atom is 0.160 e. The molecule has 0 aliphatic rings. The van der Waals surface area contributed by atoms with Crippen molar-refractivity contribution in [2.75, 3.05) is 0 Å². The second-order valence-corrected chi connectivity index (χ2v) is 16.7. The van der Waals surface area contributed by atoms with Crippen LogP contribution in [0.4, 0.5) is 0 Å². The molecule has 0 aliphatic carbocycles. The van der Waals surface area contributed by atoms with E-state index in [2.05, 4.69) is 217 Å². The van der Waals surface area contributed by atoms with Gasteiger partial charge >= 0.3 is 0 Å². The molecule has 0 bridgehead atoms. The fraction of sp³-hybridized carbons (Fsp3) is 0.0333. The highest BCUT2D eigenvalue weighted by Crippen LogP contribution is 2.38. The van der Waals surface area contributed by atoms with Crippen LogP contribution in [0.1, 0.15) is 11.1 Å². The molecule has 0 atom stereocenters. The van der Waals surface area contributed by atoms with Gasteiger partial charge in [-0.25, -0.2) is 9.97 Å². The van der Waals surface area contributed by atoms with E-state index in [-0.39, 0.29) is 0 Å². The SMILES string of the molecule is Cc1cc(-c2cc(-c3ccccc3)nc(-c3ccccc3)n2)c(C)cc1-c1ccc(-c2ccc(-n3c4ccccc4c4cc(-n5c6ccccc6c6ccccc65)ccc43)cc2)cc1. The van der Waals surface area contributed by atoms with Crippen LogP contribution in [-0.4, -0.2) is 19.1 Å². The third-order valence-corrected chi connectivity index (χ3v) is 12.8. The number of aromatic nitrogens is 4. The van der Waals surface area contributed by atoms with E-state index in [9.17, 15) is 0 Å². The highest BCUT2D eigenvalue weighted by atomic mass is 15.0. The van der Waals surface area contributed by atoms with Crippen molar-refractivity contribution < 1.29 is 0 Å². The van der Waals surface area contributed by atoms with Gasteiger partial charge < -0.3 is 9.13 Å². The van der Waals surface area contributed by atoms with Gasteiger partial charge in [-0.05, 0) is 108 Å². The average Bonchev–Trinajstić information content (AvgIpc) is 3.88. The molecule has 0 aliphatic heterocycles. The molecule has 4 nitrogen and oxygen atoms in total. The summed E-state index contributed by atoms with van der Waals surface area (Å²) >= 11 is 0. The van der Waals surface area contributed by atoms with E-state index >= 15 is 0 Å². The molecule has 3 aromatic heterocycles. The van der Waals surface area contributed by atoms with E-state index in [0.717, 1.165) is 45.3 Å². The van der Waals surface area contributed by atoms with E-state index in [1.165, 1.54) is 77.0 Å². The number of fused-ring (bicyclic) bond motifs is 6. The van der Waals surface area contributed by atoms with Gasteiger partial charge in [0, 0.05) is 49.6 Å². The average molecular weight is 819 g/mol. The lowest BCUT2D eigenvalue weighted by Crippen LogP contribution is -1.98. The largest absolute Gasteiger partial charge is 0.309 e. The molecule has 0 saturated heterocycles. The molecule has 3 heterocycles. The van der Waals surface area contributed by atoms with Gasteiger partial charge in [0.2, 0.25) is 0 Å². The van der Waals surface area contributed by atoms with Crippen LogP contribution in [0.25, 0.3) is 111 Å². The summed E-state index contributed by atoms with van der Waals surface area (Å²) in [5.74, 6) is 0.724. The van der Waals surface area contributed by atoms with Crippen molar-refractivity contribution in [2.24, 2.45) is 0 Å². The van der Waals surface area contributed by atoms with Gasteiger partial charge in [-0.2, -0.15) is 0 Å². The highest BCUT2D eigenvalue weighted by molar-refractivity contribution is 6.12. The number of para-hydroxylation sites is 3. The molecule has 0 saturated carbocycles. The van der Waals surface area contributed by atoms with Crippen molar-refractivity contribution >= 4 is 43.6 Å². The van der Waals surface area contributed by atoms with Crippen LogP contribution < -0.4 is 0 Å². The number of nitrogens with zero attached hydrogens (tertiary/aromatic N) is 4. The van der Waals surface area contributed by atoms with Crippen LogP contribution in [0.5, 0.6) is 0 Å². The Hall–Kier alpha value is -8.34. The third-order valence-electron chi connectivity index (χ3n) is 12.8. The third kappa shape index (κ3) is 6.30. The predicted octanol–water partition coefficient (Wildman–Crippen LogP) is 15.6. The Balaban J connectivity index is 0.859. The van der Waals surface area contributed by atoms with Gasteiger partial charge in [-0.1, -0.05) is 158 Å². The summed E-state index contributed by atoms with van der Waals surface area (Å²) in [5.41, 5.74) is 19.3. The smallest absolute Gasteiger partial charge is 0.160 e. The van der Waals surface area contributed by atoms with Crippen molar-refractivity contribution in [3.8, 4) is 67.5 Å². The lowest BCUT2D eigenvalue weighted by atomic mass is 9.92. The van der Waals surface area contributed by atoms with Gasteiger partial charge in [0.1, 0.15) is 0 Å². The molecule has 12 aromatic rings. The number of benzene rings is 9. The van der Waals surface area contributed by atoms with Crippen LogP contribution >= 0.6 is 0 Å². The van der Waals surface area contributed by atoms with Gasteiger partial charge in [0.05, 0.1) is 33.5 Å². The summed E-state index contributed by atoms with van der Waals surface area (Å²) in [7, 11) is 0. The van der Waals surface area contributed by atoms with E-state index in [0.29, 0.717) is 0 Å². The van der Waals surface area contributed by atoms with E-state index in [4.69, 9.17) is 9.97 Å². The van der Waals surface area contributed by atoms with Crippen molar-refractivity contribution in [1.82, 2.24) is 19.1 Å². The van der Waals surface area contributed by atoms with Crippen LogP contribution in [0.15, 0.2) is 218 Å². The molecule has 0 N–H and O–H groups in total. The van der Waals surface area contributed by atoms with Crippen molar-refractivity contribution in [3.63, 3.8) is 0 Å².